The van der Waals surface area contributed by atoms with Crippen molar-refractivity contribution in [1.82, 2.24) is 9.97 Å². The van der Waals surface area contributed by atoms with Crippen LogP contribution in [-0.2, 0) is 9.59 Å². The number of carboxylic acid groups (broad SMARTS) is 1. The molecule has 1 aliphatic heterocycles. The molecule has 11 heteroatoms. The van der Waals surface area contributed by atoms with Crippen molar-refractivity contribution in [2.24, 2.45) is 0 Å². The number of hydrogen-bond acceptors (Lipinski definition) is 8. The van der Waals surface area contributed by atoms with E-state index in [1.165, 1.54) is 12.0 Å². The van der Waals surface area contributed by atoms with Crippen LogP contribution in [0.25, 0.3) is 0 Å². The van der Waals surface area contributed by atoms with Gasteiger partial charge in [0.05, 0.1) is 36.7 Å². The van der Waals surface area contributed by atoms with Gasteiger partial charge in [-0.1, -0.05) is 12.1 Å². The number of carboxylic acids is 1. The van der Waals surface area contributed by atoms with Gasteiger partial charge in [0.1, 0.15) is 11.4 Å². The average molecular weight is 476 g/mol. The Morgan fingerprint density at radius 2 is 1.83 bits per heavy atom. The Labute approximate surface area is 201 Å². The highest BCUT2D eigenvalue weighted by molar-refractivity contribution is 6.13. The lowest BCUT2D eigenvalue weighted by Crippen LogP contribution is -2.25. The second kappa shape index (κ2) is 9.67. The molecule has 3 aromatic rings. The molecule has 35 heavy (non-hydrogen) atoms. The molecule has 0 spiro atoms. The Morgan fingerprint density at radius 1 is 1.06 bits per heavy atom. The average Bonchev–Trinajstić information content (AvgIpc) is 2.93. The highest BCUT2D eigenvalue weighted by atomic mass is 16.5. The molecule has 3 N–H and O–H groups in total. The van der Waals surface area contributed by atoms with E-state index in [2.05, 4.69) is 20.6 Å². The van der Waals surface area contributed by atoms with E-state index < -0.39 is 11.9 Å². The van der Waals surface area contributed by atoms with Crippen LogP contribution in [-0.4, -0.2) is 54.1 Å². The van der Waals surface area contributed by atoms with E-state index in [9.17, 15) is 14.4 Å². The van der Waals surface area contributed by atoms with Gasteiger partial charge >= 0.3 is 5.97 Å². The number of methoxy groups -OCH3 is 1. The second-order valence-electron chi connectivity index (χ2n) is 7.82. The molecular weight excluding hydrogens is 452 g/mol. The number of nitrogens with zero attached hydrogens (tertiary/aromatic N) is 4. The Hall–Kier alpha value is -4.67. The zero-order valence-corrected chi connectivity index (χ0v) is 19.4. The molecule has 4 rings (SSSR count). The summed E-state index contributed by atoms with van der Waals surface area (Å²) in [5.74, 6) is -0.352. The highest BCUT2D eigenvalue weighted by Crippen LogP contribution is 2.38. The van der Waals surface area contributed by atoms with Crippen LogP contribution in [0.15, 0.2) is 48.7 Å². The van der Waals surface area contributed by atoms with Gasteiger partial charge in [-0.2, -0.15) is 4.98 Å². The van der Waals surface area contributed by atoms with E-state index in [-0.39, 0.29) is 24.7 Å². The number of benzene rings is 2. The van der Waals surface area contributed by atoms with Gasteiger partial charge in [-0.3, -0.25) is 14.4 Å². The molecule has 0 unspecified atom stereocenters. The molecule has 0 radical (unpaired) electrons. The number of hydrogen-bond donors (Lipinski definition) is 3. The Kier molecular flexibility index (Phi) is 6.49. The first kappa shape index (κ1) is 23.5. The number of amides is 2. The third-order valence-corrected chi connectivity index (χ3v) is 5.53. The molecule has 1 aliphatic rings. The summed E-state index contributed by atoms with van der Waals surface area (Å²) in [4.78, 5) is 47.9. The summed E-state index contributed by atoms with van der Waals surface area (Å²) in [5.41, 5.74) is 2.87. The number of para-hydroxylation sites is 1. The van der Waals surface area contributed by atoms with E-state index in [0.717, 1.165) is 5.69 Å². The molecule has 2 aromatic carbocycles. The zero-order chi connectivity index (χ0) is 25.1. The van der Waals surface area contributed by atoms with Gasteiger partial charge in [0.15, 0.2) is 5.82 Å². The number of fused-ring (bicyclic) bond motifs is 2. The summed E-state index contributed by atoms with van der Waals surface area (Å²) in [5, 5.41) is 14.5. The van der Waals surface area contributed by atoms with E-state index in [1.54, 1.807) is 37.5 Å². The molecule has 2 amide bonds. The normalized spacial score (nSPS) is 12.4. The van der Waals surface area contributed by atoms with Crippen LogP contribution in [0.1, 0.15) is 23.2 Å². The lowest BCUT2D eigenvalue weighted by Gasteiger charge is -2.21. The molecule has 2 heterocycles. The minimum absolute atomic E-state index is 0.131. The highest BCUT2D eigenvalue weighted by Gasteiger charge is 2.28. The van der Waals surface area contributed by atoms with E-state index in [4.69, 9.17) is 9.84 Å². The summed E-state index contributed by atoms with van der Waals surface area (Å²) in [6.07, 6.45) is 1.20. The van der Waals surface area contributed by atoms with Crippen molar-refractivity contribution >= 4 is 52.3 Å². The Balaban J connectivity index is 1.60. The zero-order valence-electron chi connectivity index (χ0n) is 19.4. The van der Waals surface area contributed by atoms with Crippen molar-refractivity contribution in [2.45, 2.75) is 12.8 Å². The van der Waals surface area contributed by atoms with Crippen LogP contribution < -0.4 is 25.2 Å². The third-order valence-electron chi connectivity index (χ3n) is 5.53. The first-order chi connectivity index (χ1) is 16.8. The maximum absolute atomic E-state index is 12.9. The number of aromatic nitrogens is 2. The number of carbonyl (C=O) groups excluding carboxylic acids is 2. The molecule has 1 aromatic heterocycles. The summed E-state index contributed by atoms with van der Waals surface area (Å²) in [6, 6.07) is 12.3. The molecule has 0 saturated heterocycles. The number of anilines is 6. The van der Waals surface area contributed by atoms with Gasteiger partial charge in [-0.05, 0) is 24.3 Å². The number of ether oxygens (including phenoxy) is 1. The summed E-state index contributed by atoms with van der Waals surface area (Å²) in [7, 11) is 5.00. The minimum Gasteiger partial charge on any atom is -0.494 e. The van der Waals surface area contributed by atoms with Gasteiger partial charge in [0.25, 0.3) is 5.91 Å². The number of nitrogens with one attached hydrogen (secondary N) is 2. The van der Waals surface area contributed by atoms with Crippen molar-refractivity contribution in [3.8, 4) is 5.75 Å². The quantitative estimate of drug-likeness (QED) is 0.468. The smallest absolute Gasteiger partial charge is 0.303 e. The van der Waals surface area contributed by atoms with E-state index in [0.29, 0.717) is 34.2 Å². The molecule has 0 saturated carbocycles. The van der Waals surface area contributed by atoms with Crippen LogP contribution in [0.5, 0.6) is 5.75 Å². The van der Waals surface area contributed by atoms with Crippen LogP contribution in [0.4, 0.5) is 34.5 Å². The van der Waals surface area contributed by atoms with Crippen LogP contribution >= 0.6 is 0 Å². The number of carbonyl (C=O) groups is 3. The largest absolute Gasteiger partial charge is 0.494 e. The Bertz CT molecular complexity index is 1310. The lowest BCUT2D eigenvalue weighted by atomic mass is 10.1. The SMILES string of the molecule is COc1cc(NC(=O)CCC(=O)O)ccc1Nc1ncc2c(n1)N(C)c1ccccc1C(=O)N2C. The monoisotopic (exact) mass is 476 g/mol. The van der Waals surface area contributed by atoms with Gasteiger partial charge < -0.3 is 30.3 Å². The first-order valence-electron chi connectivity index (χ1n) is 10.7. The van der Waals surface area contributed by atoms with Crippen molar-refractivity contribution < 1.29 is 24.2 Å². The van der Waals surface area contributed by atoms with Crippen molar-refractivity contribution in [2.75, 3.05) is 41.6 Å². The number of rotatable bonds is 7. The van der Waals surface area contributed by atoms with Crippen LogP contribution in [0.2, 0.25) is 0 Å². The number of aliphatic carboxylic acids is 1. The van der Waals surface area contributed by atoms with Crippen molar-refractivity contribution in [3.63, 3.8) is 0 Å². The molecule has 0 atom stereocenters. The molecule has 0 bridgehead atoms. The molecule has 0 aliphatic carbocycles. The predicted molar refractivity (Wildman–Crippen MR) is 131 cm³/mol. The second-order valence-corrected chi connectivity index (χ2v) is 7.82. The fourth-order valence-electron chi connectivity index (χ4n) is 3.70. The minimum atomic E-state index is -1.04. The molecular formula is C24H24N6O5. The van der Waals surface area contributed by atoms with Gasteiger partial charge in [-0.25, -0.2) is 4.98 Å². The predicted octanol–water partition coefficient (Wildman–Crippen LogP) is 3.39. The fourth-order valence-corrected chi connectivity index (χ4v) is 3.70. The molecule has 11 nitrogen and oxygen atoms in total. The fraction of sp³-hybridized carbons (Fsp3) is 0.208. The van der Waals surface area contributed by atoms with Crippen molar-refractivity contribution in [1.29, 1.82) is 0 Å². The van der Waals surface area contributed by atoms with E-state index in [1.807, 2.05) is 30.1 Å². The summed E-state index contributed by atoms with van der Waals surface area (Å²) < 4.78 is 5.44. The third kappa shape index (κ3) is 4.83. The summed E-state index contributed by atoms with van der Waals surface area (Å²) in [6.45, 7) is 0. The Morgan fingerprint density at radius 3 is 2.57 bits per heavy atom. The maximum atomic E-state index is 12.9. The standard InChI is InChI=1S/C24H24N6O5/c1-29-17-7-5-4-6-15(17)23(34)30(2)18-13-25-24(28-22(18)29)27-16-9-8-14(12-19(16)35-3)26-20(31)10-11-21(32)33/h4-9,12-13H,10-11H2,1-3H3,(H,26,31)(H,32,33)(H,25,27,28). The summed E-state index contributed by atoms with van der Waals surface area (Å²) >= 11 is 0. The van der Waals surface area contributed by atoms with Gasteiger partial charge in [0, 0.05) is 32.3 Å². The molecule has 180 valence electrons. The van der Waals surface area contributed by atoms with Crippen LogP contribution in [0.3, 0.4) is 0 Å². The lowest BCUT2D eigenvalue weighted by molar-refractivity contribution is -0.138. The maximum Gasteiger partial charge on any atom is 0.303 e. The van der Waals surface area contributed by atoms with Gasteiger partial charge in [0.2, 0.25) is 11.9 Å². The topological polar surface area (TPSA) is 137 Å². The van der Waals surface area contributed by atoms with E-state index >= 15 is 0 Å². The van der Waals surface area contributed by atoms with Gasteiger partial charge in [-0.15, -0.1) is 0 Å². The van der Waals surface area contributed by atoms with Crippen LogP contribution in [0, 0.1) is 0 Å². The van der Waals surface area contributed by atoms with Crippen molar-refractivity contribution in [3.05, 3.63) is 54.2 Å². The molecule has 0 fully saturated rings. The first-order valence-corrected chi connectivity index (χ1v) is 10.7.